The minimum Gasteiger partial charge on any atom is -0.408 e. The molecule has 4 nitrogen and oxygen atoms in total. The highest BCUT2D eigenvalue weighted by molar-refractivity contribution is 7.71. The van der Waals surface area contributed by atoms with Gasteiger partial charge in [0.15, 0.2) is 0 Å². The van der Waals surface area contributed by atoms with Gasteiger partial charge in [0.1, 0.15) is 4.88 Å². The Morgan fingerprint density at radius 2 is 2.12 bits per heavy atom. The van der Waals surface area contributed by atoms with Crippen molar-refractivity contribution in [2.75, 3.05) is 0 Å². The summed E-state index contributed by atoms with van der Waals surface area (Å²) in [5, 5.41) is 7.82. The molecule has 2 rings (SSSR count). The van der Waals surface area contributed by atoms with E-state index in [1.54, 1.807) is 11.3 Å². The normalized spacial score (nSPS) is 12.0. The van der Waals surface area contributed by atoms with Crippen LogP contribution in [0.3, 0.4) is 0 Å². The third kappa shape index (κ3) is 2.47. The molecule has 0 saturated carbocycles. The van der Waals surface area contributed by atoms with Gasteiger partial charge in [-0.05, 0) is 18.6 Å². The Labute approximate surface area is 109 Å². The standard InChI is InChI=1S/C11H15N3OS2/c1-5-6-12-8(11(2,3)4)7(17-6)9-13-14-10(16)15-9/h5H2,1-4H3,(H,14,16). The second-order valence-electron chi connectivity index (χ2n) is 4.81. The topological polar surface area (TPSA) is 54.7 Å². The molecule has 2 aromatic heterocycles. The van der Waals surface area contributed by atoms with Gasteiger partial charge < -0.3 is 4.42 Å². The fraction of sp³-hybridized carbons (Fsp3) is 0.545. The smallest absolute Gasteiger partial charge is 0.284 e. The first kappa shape index (κ1) is 12.4. The van der Waals surface area contributed by atoms with Crippen LogP contribution in [0.25, 0.3) is 10.8 Å². The van der Waals surface area contributed by atoms with Crippen molar-refractivity contribution >= 4 is 23.6 Å². The predicted octanol–water partition coefficient (Wildman–Crippen LogP) is 3.72. The van der Waals surface area contributed by atoms with Crippen LogP contribution in [0.1, 0.15) is 38.4 Å². The second kappa shape index (κ2) is 4.34. The van der Waals surface area contributed by atoms with Crippen molar-refractivity contribution in [2.45, 2.75) is 39.5 Å². The third-order valence-electron chi connectivity index (χ3n) is 2.32. The molecule has 0 spiro atoms. The summed E-state index contributed by atoms with van der Waals surface area (Å²) in [6, 6.07) is 0. The molecule has 92 valence electrons. The summed E-state index contributed by atoms with van der Waals surface area (Å²) in [6.07, 6.45) is 0.916. The summed E-state index contributed by atoms with van der Waals surface area (Å²) in [5.74, 6) is 0.539. The molecule has 2 aromatic rings. The molecule has 0 saturated heterocycles. The van der Waals surface area contributed by atoms with Gasteiger partial charge in [0.25, 0.3) is 10.7 Å². The molecule has 0 radical (unpaired) electrons. The zero-order valence-electron chi connectivity index (χ0n) is 10.3. The van der Waals surface area contributed by atoms with E-state index in [1.165, 1.54) is 0 Å². The van der Waals surface area contributed by atoms with Crippen molar-refractivity contribution in [2.24, 2.45) is 0 Å². The van der Waals surface area contributed by atoms with Crippen LogP contribution in [-0.2, 0) is 11.8 Å². The van der Waals surface area contributed by atoms with E-state index in [0.717, 1.165) is 22.0 Å². The highest BCUT2D eigenvalue weighted by Crippen LogP contribution is 2.36. The Bertz CT molecular complexity index is 574. The van der Waals surface area contributed by atoms with Gasteiger partial charge in [-0.3, -0.25) is 0 Å². The largest absolute Gasteiger partial charge is 0.408 e. The van der Waals surface area contributed by atoms with Crippen LogP contribution in [0.2, 0.25) is 0 Å². The molecule has 0 aliphatic carbocycles. The van der Waals surface area contributed by atoms with E-state index in [0.29, 0.717) is 10.7 Å². The van der Waals surface area contributed by atoms with Gasteiger partial charge in [-0.2, -0.15) is 0 Å². The van der Waals surface area contributed by atoms with Gasteiger partial charge in [-0.1, -0.05) is 27.7 Å². The van der Waals surface area contributed by atoms with Crippen LogP contribution in [0.4, 0.5) is 0 Å². The number of aromatic nitrogens is 3. The number of hydrogen-bond acceptors (Lipinski definition) is 5. The van der Waals surface area contributed by atoms with Crippen molar-refractivity contribution in [3.63, 3.8) is 0 Å². The highest BCUT2D eigenvalue weighted by atomic mass is 32.1. The summed E-state index contributed by atoms with van der Waals surface area (Å²) < 4.78 is 5.38. The van der Waals surface area contributed by atoms with E-state index in [2.05, 4.69) is 42.9 Å². The molecule has 0 aliphatic heterocycles. The van der Waals surface area contributed by atoms with Gasteiger partial charge in [0.2, 0.25) is 0 Å². The van der Waals surface area contributed by atoms with Crippen LogP contribution < -0.4 is 0 Å². The van der Waals surface area contributed by atoms with Crippen LogP contribution in [0, 0.1) is 4.84 Å². The molecule has 0 unspecified atom stereocenters. The van der Waals surface area contributed by atoms with E-state index in [4.69, 9.17) is 16.6 Å². The van der Waals surface area contributed by atoms with Crippen molar-refractivity contribution in [3.8, 4) is 10.8 Å². The first-order valence-electron chi connectivity index (χ1n) is 5.48. The molecular formula is C11H15N3OS2. The maximum absolute atomic E-state index is 5.38. The predicted molar refractivity (Wildman–Crippen MR) is 70.9 cm³/mol. The maximum atomic E-state index is 5.38. The molecule has 0 amide bonds. The lowest BCUT2D eigenvalue weighted by Crippen LogP contribution is -2.13. The molecule has 0 aromatic carbocycles. The van der Waals surface area contributed by atoms with Gasteiger partial charge in [-0.15, -0.1) is 16.4 Å². The van der Waals surface area contributed by atoms with E-state index in [1.807, 2.05) is 0 Å². The summed E-state index contributed by atoms with van der Waals surface area (Å²) in [6.45, 7) is 8.49. The quantitative estimate of drug-likeness (QED) is 0.844. The molecule has 2 heterocycles. The minimum absolute atomic E-state index is 0.0324. The molecule has 17 heavy (non-hydrogen) atoms. The third-order valence-corrected chi connectivity index (χ3v) is 3.68. The van der Waals surface area contributed by atoms with Crippen LogP contribution in [0.5, 0.6) is 0 Å². The van der Waals surface area contributed by atoms with Gasteiger partial charge in [0, 0.05) is 5.41 Å². The second-order valence-corrected chi connectivity index (χ2v) is 6.26. The molecule has 1 N–H and O–H groups in total. The van der Waals surface area contributed by atoms with Crippen molar-refractivity contribution in [1.29, 1.82) is 0 Å². The highest BCUT2D eigenvalue weighted by Gasteiger charge is 2.26. The lowest BCUT2D eigenvalue weighted by atomic mass is 9.91. The first-order chi connectivity index (χ1) is 7.91. The monoisotopic (exact) mass is 269 g/mol. The molecule has 0 atom stereocenters. The molecule has 0 aliphatic rings. The van der Waals surface area contributed by atoms with Gasteiger partial charge in [0.05, 0.1) is 10.7 Å². The van der Waals surface area contributed by atoms with Crippen molar-refractivity contribution in [3.05, 3.63) is 15.5 Å². The Balaban J connectivity index is 2.60. The SMILES string of the molecule is CCc1nc(C(C)(C)C)c(-c2n[nH]c(=S)o2)s1. The van der Waals surface area contributed by atoms with Crippen molar-refractivity contribution < 1.29 is 4.42 Å². The number of thiazole rings is 1. The Kier molecular flexibility index (Phi) is 3.18. The summed E-state index contributed by atoms with van der Waals surface area (Å²) in [5.41, 5.74) is 0.986. The van der Waals surface area contributed by atoms with Crippen LogP contribution in [-0.4, -0.2) is 15.2 Å². The Morgan fingerprint density at radius 1 is 1.41 bits per heavy atom. The number of aromatic amines is 1. The summed E-state index contributed by atoms with van der Waals surface area (Å²) in [4.78, 5) is 5.93. The van der Waals surface area contributed by atoms with Crippen LogP contribution in [0.15, 0.2) is 4.42 Å². The van der Waals surface area contributed by atoms with Crippen molar-refractivity contribution in [1.82, 2.24) is 15.2 Å². The lowest BCUT2D eigenvalue weighted by molar-refractivity contribution is 0.541. The van der Waals surface area contributed by atoms with E-state index in [-0.39, 0.29) is 5.41 Å². The average Bonchev–Trinajstić information content (AvgIpc) is 2.81. The number of nitrogens with zero attached hydrogens (tertiary/aromatic N) is 2. The molecule has 0 bridgehead atoms. The maximum Gasteiger partial charge on any atom is 0.284 e. The Hall–Kier alpha value is -1.01. The number of aryl methyl sites for hydroxylation is 1. The minimum atomic E-state index is -0.0324. The number of hydrogen-bond donors (Lipinski definition) is 1. The Morgan fingerprint density at radius 3 is 2.59 bits per heavy atom. The molecular weight excluding hydrogens is 254 g/mol. The fourth-order valence-electron chi connectivity index (χ4n) is 1.50. The lowest BCUT2D eigenvalue weighted by Gasteiger charge is -2.16. The molecule has 0 fully saturated rings. The number of H-pyrrole nitrogens is 1. The van der Waals surface area contributed by atoms with Crippen LogP contribution >= 0.6 is 23.6 Å². The first-order valence-corrected chi connectivity index (χ1v) is 6.70. The van der Waals surface area contributed by atoms with E-state index < -0.39 is 0 Å². The zero-order valence-corrected chi connectivity index (χ0v) is 12.0. The van der Waals surface area contributed by atoms with E-state index >= 15 is 0 Å². The number of nitrogens with one attached hydrogen (secondary N) is 1. The van der Waals surface area contributed by atoms with E-state index in [9.17, 15) is 0 Å². The zero-order chi connectivity index (χ0) is 12.6. The summed E-state index contributed by atoms with van der Waals surface area (Å²) in [7, 11) is 0. The fourth-order valence-corrected chi connectivity index (χ4v) is 2.76. The van der Waals surface area contributed by atoms with Gasteiger partial charge >= 0.3 is 0 Å². The number of rotatable bonds is 2. The summed E-state index contributed by atoms with van der Waals surface area (Å²) >= 11 is 6.52. The average molecular weight is 269 g/mol. The van der Waals surface area contributed by atoms with Gasteiger partial charge in [-0.25, -0.2) is 10.1 Å². The molecule has 6 heteroatoms.